The second-order valence-corrected chi connectivity index (χ2v) is 5.54. The highest BCUT2D eigenvalue weighted by Gasteiger charge is 2.29. The van der Waals surface area contributed by atoms with Gasteiger partial charge >= 0.3 is 0 Å². The molecule has 1 aromatic rings. The van der Waals surface area contributed by atoms with Crippen LogP contribution < -0.4 is 0 Å². The number of hydrogen-bond acceptors (Lipinski definition) is 1. The van der Waals surface area contributed by atoms with E-state index in [0.29, 0.717) is 0 Å². The van der Waals surface area contributed by atoms with E-state index in [2.05, 4.69) is 4.98 Å². The maximum atomic E-state index is 5.74. The monoisotopic (exact) mass is 297 g/mol. The zero-order chi connectivity index (χ0) is 10.2. The largest absolute Gasteiger partial charge is 0.235 e. The van der Waals surface area contributed by atoms with Crippen LogP contribution in [0.1, 0.15) is 5.69 Å². The Morgan fingerprint density at radius 3 is 2.08 bits per heavy atom. The Kier molecular flexibility index (Phi) is 3.84. The molecule has 0 aliphatic heterocycles. The van der Waals surface area contributed by atoms with Gasteiger partial charge in [0.2, 0.25) is 3.79 Å². The lowest BCUT2D eigenvalue weighted by Gasteiger charge is -2.12. The summed E-state index contributed by atoms with van der Waals surface area (Å²) in [6.07, 6.45) is 0. The Morgan fingerprint density at radius 1 is 1.08 bits per heavy atom. The Labute approximate surface area is 105 Å². The van der Waals surface area contributed by atoms with Gasteiger partial charge in [0, 0.05) is 0 Å². The lowest BCUT2D eigenvalue weighted by molar-refractivity contribution is 1.09. The molecule has 0 fully saturated rings. The van der Waals surface area contributed by atoms with Crippen LogP contribution in [0.5, 0.6) is 0 Å². The third kappa shape index (κ3) is 2.92. The quantitative estimate of drug-likeness (QED) is 0.492. The van der Waals surface area contributed by atoms with Gasteiger partial charge in [0.1, 0.15) is 10.8 Å². The first-order chi connectivity index (χ1) is 5.82. The van der Waals surface area contributed by atoms with E-state index < -0.39 is 3.79 Å². The maximum Gasteiger partial charge on any atom is 0.234 e. The predicted octanol–water partition coefficient (Wildman–Crippen LogP) is 4.87. The minimum Gasteiger partial charge on any atom is -0.235 e. The smallest absolute Gasteiger partial charge is 0.234 e. The van der Waals surface area contributed by atoms with Gasteiger partial charge in [-0.15, -0.1) is 0 Å². The van der Waals surface area contributed by atoms with Crippen molar-refractivity contribution < 1.29 is 0 Å². The van der Waals surface area contributed by atoms with Gasteiger partial charge in [-0.25, -0.2) is 4.98 Å². The molecule has 0 atom stereocenters. The summed E-state index contributed by atoms with van der Waals surface area (Å²) in [7, 11) is 0. The Hall–Kier alpha value is 0.890. The predicted molar refractivity (Wildman–Crippen MR) is 58.5 cm³/mol. The van der Waals surface area contributed by atoms with Crippen molar-refractivity contribution in [3.8, 4) is 0 Å². The number of alkyl halides is 3. The molecule has 1 aromatic heterocycles. The van der Waals surface area contributed by atoms with E-state index >= 15 is 0 Å². The van der Waals surface area contributed by atoms with Crippen molar-refractivity contribution >= 4 is 69.6 Å². The van der Waals surface area contributed by atoms with Crippen molar-refractivity contribution in [2.24, 2.45) is 0 Å². The first kappa shape index (κ1) is 12.0. The van der Waals surface area contributed by atoms with Crippen molar-refractivity contribution in [2.45, 2.75) is 3.79 Å². The van der Waals surface area contributed by atoms with Gasteiger partial charge in [-0.2, -0.15) is 0 Å². The van der Waals surface area contributed by atoms with Gasteiger partial charge in [0.25, 0.3) is 0 Å². The molecule has 0 saturated carbocycles. The summed E-state index contributed by atoms with van der Waals surface area (Å²) in [5.41, 5.74) is 0.0247. The van der Waals surface area contributed by atoms with E-state index in [4.69, 9.17) is 69.6 Å². The van der Waals surface area contributed by atoms with Crippen LogP contribution >= 0.6 is 69.6 Å². The van der Waals surface area contributed by atoms with E-state index in [0.717, 1.165) is 0 Å². The molecule has 0 amide bonds. The highest BCUT2D eigenvalue weighted by Crippen LogP contribution is 2.43. The van der Waals surface area contributed by atoms with Crippen LogP contribution in [0.15, 0.2) is 6.07 Å². The summed E-state index contributed by atoms with van der Waals surface area (Å²) in [5.74, 6) is 0. The summed E-state index contributed by atoms with van der Waals surface area (Å²) >= 11 is 33.8. The molecule has 0 N–H and O–H groups in total. The Balaban J connectivity index is 3.37. The molecule has 0 spiro atoms. The Bertz CT molecular complexity index is 331. The van der Waals surface area contributed by atoms with Crippen molar-refractivity contribution in [3.05, 3.63) is 27.0 Å². The number of hydrogen-bond donors (Lipinski definition) is 0. The van der Waals surface area contributed by atoms with Crippen molar-refractivity contribution in [1.29, 1.82) is 0 Å². The lowest BCUT2D eigenvalue weighted by Crippen LogP contribution is -2.05. The molecular formula is C6HCl6N. The highest BCUT2D eigenvalue weighted by molar-refractivity contribution is 6.67. The van der Waals surface area contributed by atoms with E-state index in [1.807, 2.05) is 0 Å². The first-order valence-electron chi connectivity index (χ1n) is 2.91. The fourth-order valence-electron chi connectivity index (χ4n) is 0.657. The number of rotatable bonds is 0. The minimum atomic E-state index is -1.73. The summed E-state index contributed by atoms with van der Waals surface area (Å²) < 4.78 is -1.73. The molecule has 1 rings (SSSR count). The van der Waals surface area contributed by atoms with Gasteiger partial charge < -0.3 is 0 Å². The van der Waals surface area contributed by atoms with Crippen LogP contribution in [0.2, 0.25) is 15.2 Å². The Morgan fingerprint density at radius 2 is 1.62 bits per heavy atom. The highest BCUT2D eigenvalue weighted by atomic mass is 35.6. The van der Waals surface area contributed by atoms with Crippen LogP contribution in [0.3, 0.4) is 0 Å². The average Bonchev–Trinajstić information content (AvgIpc) is 1.94. The molecule has 0 aliphatic carbocycles. The molecule has 7 heteroatoms. The topological polar surface area (TPSA) is 12.9 Å². The minimum absolute atomic E-state index is 0.0247. The third-order valence-corrected chi connectivity index (χ3v) is 2.66. The molecule has 0 saturated heterocycles. The van der Waals surface area contributed by atoms with Crippen LogP contribution in [-0.2, 0) is 3.79 Å². The summed E-state index contributed by atoms with van der Waals surface area (Å²) in [6, 6.07) is 1.37. The van der Waals surface area contributed by atoms with E-state index in [-0.39, 0.29) is 20.9 Å². The zero-order valence-corrected chi connectivity index (χ0v) is 10.3. The molecule has 0 aromatic carbocycles. The van der Waals surface area contributed by atoms with Crippen LogP contribution in [0, 0.1) is 0 Å². The third-order valence-electron chi connectivity index (χ3n) is 1.15. The van der Waals surface area contributed by atoms with Crippen LogP contribution in [-0.4, -0.2) is 4.98 Å². The SMILES string of the molecule is Clc1cc(Cl)c(Cl)c(C(Cl)(Cl)Cl)n1. The summed E-state index contributed by atoms with van der Waals surface area (Å²) in [5, 5.41) is 0.407. The van der Waals surface area contributed by atoms with Gasteiger partial charge in [-0.05, 0) is 6.07 Å². The molecule has 0 unspecified atom stereocenters. The van der Waals surface area contributed by atoms with E-state index in [9.17, 15) is 0 Å². The number of halogens is 6. The molecule has 1 nitrogen and oxygen atoms in total. The summed E-state index contributed by atoms with van der Waals surface area (Å²) in [6.45, 7) is 0. The molecule has 1 heterocycles. The molecule has 13 heavy (non-hydrogen) atoms. The standard InChI is InChI=1S/C6HCl6N/c7-2-1-3(8)13-5(4(2)9)6(10,11)12/h1H. The maximum absolute atomic E-state index is 5.74. The summed E-state index contributed by atoms with van der Waals surface area (Å²) in [4.78, 5) is 3.76. The number of pyridine rings is 1. The van der Waals surface area contributed by atoms with Crippen LogP contribution in [0.25, 0.3) is 0 Å². The first-order valence-corrected chi connectivity index (χ1v) is 5.18. The van der Waals surface area contributed by atoms with Gasteiger partial charge in [-0.1, -0.05) is 69.6 Å². The molecule has 0 radical (unpaired) electrons. The average molecular weight is 300 g/mol. The van der Waals surface area contributed by atoms with Crippen molar-refractivity contribution in [1.82, 2.24) is 4.98 Å². The molecular weight excluding hydrogens is 299 g/mol. The normalized spacial score (nSPS) is 11.8. The van der Waals surface area contributed by atoms with E-state index in [1.165, 1.54) is 6.07 Å². The van der Waals surface area contributed by atoms with Gasteiger partial charge in [-0.3, -0.25) is 0 Å². The fourth-order valence-corrected chi connectivity index (χ4v) is 1.89. The fraction of sp³-hybridized carbons (Fsp3) is 0.167. The van der Waals surface area contributed by atoms with Gasteiger partial charge in [0.05, 0.1) is 10.0 Å². The molecule has 0 bridgehead atoms. The van der Waals surface area contributed by atoms with Gasteiger partial charge in [0.15, 0.2) is 0 Å². The number of aromatic nitrogens is 1. The molecule has 72 valence electrons. The van der Waals surface area contributed by atoms with Crippen molar-refractivity contribution in [3.63, 3.8) is 0 Å². The molecule has 0 aliphatic rings. The zero-order valence-electron chi connectivity index (χ0n) is 5.79. The van der Waals surface area contributed by atoms with Crippen molar-refractivity contribution in [2.75, 3.05) is 0 Å². The van der Waals surface area contributed by atoms with Crippen LogP contribution in [0.4, 0.5) is 0 Å². The second kappa shape index (κ2) is 4.18. The second-order valence-electron chi connectivity index (χ2n) is 2.09. The lowest BCUT2D eigenvalue weighted by atomic mass is 10.4. The number of nitrogens with zero attached hydrogens (tertiary/aromatic N) is 1. The van der Waals surface area contributed by atoms with E-state index in [1.54, 1.807) is 0 Å².